The molecule has 0 aliphatic carbocycles. The lowest BCUT2D eigenvalue weighted by Crippen LogP contribution is -2.06. The molecule has 0 saturated carbocycles. The Morgan fingerprint density at radius 1 is 1.38 bits per heavy atom. The lowest BCUT2D eigenvalue weighted by molar-refractivity contribution is 0.279. The Balaban J connectivity index is 2.36. The normalized spacial score (nSPS) is 14.1. The van der Waals surface area contributed by atoms with E-state index in [4.69, 9.17) is 9.47 Å². The van der Waals surface area contributed by atoms with Gasteiger partial charge in [0.05, 0.1) is 12.2 Å². The summed E-state index contributed by atoms with van der Waals surface area (Å²) in [7, 11) is 0. The van der Waals surface area contributed by atoms with Crippen LogP contribution in [0.25, 0.3) is 5.76 Å². The summed E-state index contributed by atoms with van der Waals surface area (Å²) in [5, 5.41) is 0. The molecule has 0 spiro atoms. The number of hydrogen-bond donors (Lipinski definition) is 0. The zero-order chi connectivity index (χ0) is 9.10. The molecule has 2 heteroatoms. The van der Waals surface area contributed by atoms with Crippen molar-refractivity contribution in [3.63, 3.8) is 0 Å². The molecular formula is C11H12O2. The summed E-state index contributed by atoms with van der Waals surface area (Å²) in [5.74, 6) is 1.85. The Morgan fingerprint density at radius 3 is 3.08 bits per heavy atom. The van der Waals surface area contributed by atoms with Crippen molar-refractivity contribution in [3.05, 3.63) is 35.9 Å². The molecule has 0 N–H and O–H groups in total. The van der Waals surface area contributed by atoms with E-state index < -0.39 is 0 Å². The van der Waals surface area contributed by atoms with Crippen molar-refractivity contribution in [3.8, 4) is 5.75 Å². The molecule has 1 aliphatic heterocycles. The zero-order valence-corrected chi connectivity index (χ0v) is 7.62. The van der Waals surface area contributed by atoms with E-state index >= 15 is 0 Å². The van der Waals surface area contributed by atoms with E-state index in [1.165, 1.54) is 0 Å². The van der Waals surface area contributed by atoms with Gasteiger partial charge >= 0.3 is 0 Å². The van der Waals surface area contributed by atoms with Crippen LogP contribution in [0.3, 0.4) is 0 Å². The minimum atomic E-state index is 0.604. The molecule has 2 nitrogen and oxygen atoms in total. The third-order valence-electron chi connectivity index (χ3n) is 1.96. The molecule has 0 unspecified atom stereocenters. The van der Waals surface area contributed by atoms with E-state index in [0.717, 1.165) is 17.1 Å². The SMILES string of the molecule is CCOC1=CCOc2ccccc21. The van der Waals surface area contributed by atoms with E-state index in [1.54, 1.807) is 0 Å². The van der Waals surface area contributed by atoms with Crippen LogP contribution >= 0.6 is 0 Å². The minimum absolute atomic E-state index is 0.604. The molecule has 0 bridgehead atoms. The highest BCUT2D eigenvalue weighted by atomic mass is 16.5. The predicted octanol–water partition coefficient (Wildman–Crippen LogP) is 2.46. The van der Waals surface area contributed by atoms with Gasteiger partial charge in [-0.25, -0.2) is 0 Å². The largest absolute Gasteiger partial charge is 0.493 e. The molecule has 0 saturated heterocycles. The fraction of sp³-hybridized carbons (Fsp3) is 0.273. The fourth-order valence-electron chi connectivity index (χ4n) is 1.41. The molecule has 2 rings (SSSR count). The second-order valence-corrected chi connectivity index (χ2v) is 2.81. The molecule has 1 aromatic rings. The highest BCUT2D eigenvalue weighted by molar-refractivity contribution is 5.67. The van der Waals surface area contributed by atoms with Crippen LogP contribution in [-0.4, -0.2) is 13.2 Å². The maximum absolute atomic E-state index is 5.49. The molecule has 0 atom stereocenters. The van der Waals surface area contributed by atoms with Gasteiger partial charge in [-0.05, 0) is 25.1 Å². The van der Waals surface area contributed by atoms with Crippen molar-refractivity contribution < 1.29 is 9.47 Å². The first kappa shape index (κ1) is 8.17. The third kappa shape index (κ3) is 1.52. The lowest BCUT2D eigenvalue weighted by Gasteiger charge is -2.18. The van der Waals surface area contributed by atoms with Crippen LogP contribution in [0.4, 0.5) is 0 Å². The molecular weight excluding hydrogens is 164 g/mol. The Bertz CT molecular complexity index is 329. The average molecular weight is 176 g/mol. The van der Waals surface area contributed by atoms with Crippen LogP contribution in [0, 0.1) is 0 Å². The number of hydrogen-bond acceptors (Lipinski definition) is 2. The highest BCUT2D eigenvalue weighted by Crippen LogP contribution is 2.29. The Hall–Kier alpha value is -1.44. The van der Waals surface area contributed by atoms with Gasteiger partial charge < -0.3 is 9.47 Å². The fourth-order valence-corrected chi connectivity index (χ4v) is 1.41. The molecule has 0 fully saturated rings. The standard InChI is InChI=1S/C11H12O2/c1-2-12-11-7-8-13-10-6-4-3-5-9(10)11/h3-7H,2,8H2,1H3. The number of rotatable bonds is 2. The first-order valence-electron chi connectivity index (χ1n) is 4.47. The summed E-state index contributed by atoms with van der Waals surface area (Å²) in [6.07, 6.45) is 1.96. The Kier molecular flexibility index (Phi) is 2.21. The van der Waals surface area contributed by atoms with Crippen molar-refractivity contribution >= 4 is 5.76 Å². The van der Waals surface area contributed by atoms with Crippen molar-refractivity contribution in [2.24, 2.45) is 0 Å². The number of benzene rings is 1. The summed E-state index contributed by atoms with van der Waals surface area (Å²) in [4.78, 5) is 0. The highest BCUT2D eigenvalue weighted by Gasteiger charge is 2.12. The Morgan fingerprint density at radius 2 is 2.23 bits per heavy atom. The summed E-state index contributed by atoms with van der Waals surface area (Å²) in [6, 6.07) is 7.92. The zero-order valence-electron chi connectivity index (χ0n) is 7.62. The van der Waals surface area contributed by atoms with Crippen LogP contribution in [-0.2, 0) is 4.74 Å². The van der Waals surface area contributed by atoms with Crippen LogP contribution in [0.1, 0.15) is 12.5 Å². The number of para-hydroxylation sites is 1. The van der Waals surface area contributed by atoms with Crippen LogP contribution in [0.5, 0.6) is 5.75 Å². The second kappa shape index (κ2) is 3.52. The maximum atomic E-state index is 5.49. The van der Waals surface area contributed by atoms with Crippen molar-refractivity contribution in [2.75, 3.05) is 13.2 Å². The lowest BCUT2D eigenvalue weighted by atomic mass is 10.1. The van der Waals surface area contributed by atoms with E-state index in [2.05, 4.69) is 0 Å². The van der Waals surface area contributed by atoms with Gasteiger partial charge in [-0.2, -0.15) is 0 Å². The van der Waals surface area contributed by atoms with E-state index in [-0.39, 0.29) is 0 Å². The van der Waals surface area contributed by atoms with Gasteiger partial charge in [0.1, 0.15) is 18.1 Å². The van der Waals surface area contributed by atoms with Crippen LogP contribution in [0.15, 0.2) is 30.3 Å². The third-order valence-corrected chi connectivity index (χ3v) is 1.96. The molecule has 0 aromatic heterocycles. The smallest absolute Gasteiger partial charge is 0.130 e. The number of ether oxygens (including phenoxy) is 2. The molecule has 0 radical (unpaired) electrons. The topological polar surface area (TPSA) is 18.5 Å². The Labute approximate surface area is 77.8 Å². The average Bonchev–Trinajstić information content (AvgIpc) is 2.19. The van der Waals surface area contributed by atoms with Crippen LogP contribution < -0.4 is 4.74 Å². The van der Waals surface area contributed by atoms with E-state index in [9.17, 15) is 0 Å². The molecule has 1 aromatic carbocycles. The van der Waals surface area contributed by atoms with Gasteiger partial charge in [0.2, 0.25) is 0 Å². The molecule has 1 heterocycles. The van der Waals surface area contributed by atoms with Gasteiger partial charge in [0.15, 0.2) is 0 Å². The van der Waals surface area contributed by atoms with Gasteiger partial charge in [0, 0.05) is 0 Å². The maximum Gasteiger partial charge on any atom is 0.130 e. The van der Waals surface area contributed by atoms with Gasteiger partial charge in [-0.15, -0.1) is 0 Å². The first-order valence-corrected chi connectivity index (χ1v) is 4.47. The van der Waals surface area contributed by atoms with E-state index in [0.29, 0.717) is 13.2 Å². The second-order valence-electron chi connectivity index (χ2n) is 2.81. The summed E-state index contributed by atoms with van der Waals surface area (Å²) in [6.45, 7) is 3.28. The quantitative estimate of drug-likeness (QED) is 0.689. The molecule has 13 heavy (non-hydrogen) atoms. The van der Waals surface area contributed by atoms with Crippen molar-refractivity contribution in [1.29, 1.82) is 0 Å². The molecule has 68 valence electrons. The van der Waals surface area contributed by atoms with Gasteiger partial charge in [-0.1, -0.05) is 12.1 Å². The van der Waals surface area contributed by atoms with Gasteiger partial charge in [0.25, 0.3) is 0 Å². The summed E-state index contributed by atoms with van der Waals surface area (Å²) in [5.41, 5.74) is 1.05. The van der Waals surface area contributed by atoms with E-state index in [1.807, 2.05) is 37.3 Å². The van der Waals surface area contributed by atoms with Crippen molar-refractivity contribution in [1.82, 2.24) is 0 Å². The summed E-state index contributed by atoms with van der Waals surface area (Å²) >= 11 is 0. The first-order chi connectivity index (χ1) is 6.42. The number of fused-ring (bicyclic) bond motifs is 1. The van der Waals surface area contributed by atoms with Crippen LogP contribution in [0.2, 0.25) is 0 Å². The minimum Gasteiger partial charge on any atom is -0.493 e. The monoisotopic (exact) mass is 176 g/mol. The van der Waals surface area contributed by atoms with Crippen molar-refractivity contribution in [2.45, 2.75) is 6.92 Å². The molecule has 1 aliphatic rings. The predicted molar refractivity (Wildman–Crippen MR) is 51.5 cm³/mol. The molecule has 0 amide bonds. The summed E-state index contributed by atoms with van der Waals surface area (Å²) < 4.78 is 10.9. The van der Waals surface area contributed by atoms with Gasteiger partial charge in [-0.3, -0.25) is 0 Å².